The van der Waals surface area contributed by atoms with Crippen LogP contribution in [0, 0.1) is 6.92 Å². The predicted molar refractivity (Wildman–Crippen MR) is 149 cm³/mol. The summed E-state index contributed by atoms with van der Waals surface area (Å²) < 4.78 is 0. The van der Waals surface area contributed by atoms with Gasteiger partial charge in [0.25, 0.3) is 0 Å². The molecule has 0 aliphatic carbocycles. The molecule has 0 heterocycles. The van der Waals surface area contributed by atoms with Gasteiger partial charge >= 0.3 is 0 Å². The summed E-state index contributed by atoms with van der Waals surface area (Å²) in [7, 11) is -1.55. The zero-order valence-electron chi connectivity index (χ0n) is 22.7. The predicted octanol–water partition coefficient (Wildman–Crippen LogP) is 9.22. The summed E-state index contributed by atoms with van der Waals surface area (Å²) in [6, 6.07) is 18.3. The molecule has 0 aliphatic rings. The van der Waals surface area contributed by atoms with Gasteiger partial charge in [-0.3, -0.25) is 0 Å². The van der Waals surface area contributed by atoms with Gasteiger partial charge < -0.3 is 5.32 Å². The molecule has 1 N–H and O–H groups in total. The van der Waals surface area contributed by atoms with Crippen LogP contribution >= 0.6 is 0 Å². The van der Waals surface area contributed by atoms with Crippen molar-refractivity contribution in [3.8, 4) is 0 Å². The fourth-order valence-electron chi connectivity index (χ4n) is 5.47. The van der Waals surface area contributed by atoms with Crippen LogP contribution < -0.4 is 10.5 Å². The number of hydrogen-bond donors (Lipinski definition) is 1. The molecule has 2 heteroatoms. The first-order chi connectivity index (χ1) is 14.9. The summed E-state index contributed by atoms with van der Waals surface area (Å²) in [5.41, 5.74) is 7.11. The highest BCUT2D eigenvalue weighted by molar-refractivity contribution is 6.92. The summed E-state index contributed by atoms with van der Waals surface area (Å²) in [6.45, 7) is 23.4. The van der Waals surface area contributed by atoms with Gasteiger partial charge in [0.2, 0.25) is 0 Å². The van der Waals surface area contributed by atoms with Gasteiger partial charge in [-0.1, -0.05) is 124 Å². The van der Waals surface area contributed by atoms with E-state index in [1.54, 1.807) is 5.19 Å². The molecule has 0 bridgehead atoms. The fraction of sp³-hybridized carbons (Fsp3) is 0.600. The lowest BCUT2D eigenvalue weighted by Gasteiger charge is -2.34. The number of nitrogens with one attached hydrogen (secondary N) is 1. The van der Waals surface area contributed by atoms with E-state index in [1.165, 1.54) is 65.5 Å². The molecule has 0 amide bonds. The second-order valence-corrected chi connectivity index (χ2v) is 16.5. The zero-order chi connectivity index (χ0) is 24.2. The number of anilines is 2. The molecule has 32 heavy (non-hydrogen) atoms. The van der Waals surface area contributed by atoms with Gasteiger partial charge in [-0.2, -0.15) is 0 Å². The highest BCUT2D eigenvalue weighted by Crippen LogP contribution is 2.37. The molecule has 0 aromatic heterocycles. The standard InChI is InChI=1S/C30H49NSi/c1-11-18-32(19-12-2,20-13-3)28-17-15-14-16-26(28)31-27-22-24(29(5,6)7)21-25(23(27)4)30(8,9)10/h14-17,21-22,31H,11-13,18-20H2,1-10H3. The van der Waals surface area contributed by atoms with Gasteiger partial charge in [-0.25, -0.2) is 0 Å². The Bertz CT molecular complexity index is 866. The van der Waals surface area contributed by atoms with Gasteiger partial charge in [0.1, 0.15) is 0 Å². The maximum absolute atomic E-state index is 3.98. The Kier molecular flexibility index (Phi) is 8.84. The van der Waals surface area contributed by atoms with Crippen LogP contribution in [0.4, 0.5) is 11.4 Å². The van der Waals surface area contributed by atoms with Crippen LogP contribution in [0.5, 0.6) is 0 Å². The molecular weight excluding hydrogens is 402 g/mol. The third kappa shape index (κ3) is 6.07. The summed E-state index contributed by atoms with van der Waals surface area (Å²) >= 11 is 0. The van der Waals surface area contributed by atoms with Gasteiger partial charge in [-0.05, 0) is 51.8 Å². The number of benzene rings is 2. The van der Waals surface area contributed by atoms with Gasteiger partial charge in [-0.15, -0.1) is 0 Å². The van der Waals surface area contributed by atoms with Crippen LogP contribution in [-0.4, -0.2) is 8.07 Å². The largest absolute Gasteiger partial charge is 0.355 e. The topological polar surface area (TPSA) is 12.0 Å². The van der Waals surface area contributed by atoms with Crippen molar-refractivity contribution >= 4 is 24.6 Å². The van der Waals surface area contributed by atoms with E-state index in [2.05, 4.69) is 111 Å². The van der Waals surface area contributed by atoms with Crippen LogP contribution in [0.15, 0.2) is 36.4 Å². The Morgan fingerprint density at radius 1 is 0.719 bits per heavy atom. The third-order valence-electron chi connectivity index (χ3n) is 7.04. The van der Waals surface area contributed by atoms with Crippen molar-refractivity contribution in [1.82, 2.24) is 0 Å². The van der Waals surface area contributed by atoms with Crippen LogP contribution in [0.2, 0.25) is 18.1 Å². The van der Waals surface area contributed by atoms with Crippen LogP contribution in [-0.2, 0) is 10.8 Å². The molecule has 0 fully saturated rings. The highest BCUT2D eigenvalue weighted by atomic mass is 28.3. The Morgan fingerprint density at radius 3 is 1.72 bits per heavy atom. The smallest absolute Gasteiger partial charge is 0.0894 e. The van der Waals surface area contributed by atoms with E-state index in [-0.39, 0.29) is 10.8 Å². The Morgan fingerprint density at radius 2 is 1.25 bits per heavy atom. The minimum absolute atomic E-state index is 0.117. The Labute approximate surface area is 200 Å². The minimum Gasteiger partial charge on any atom is -0.355 e. The van der Waals surface area contributed by atoms with Gasteiger partial charge in [0.05, 0.1) is 8.07 Å². The molecule has 0 saturated carbocycles. The Hall–Kier alpha value is -1.54. The average molecular weight is 452 g/mol. The summed E-state index contributed by atoms with van der Waals surface area (Å²) in [6.07, 6.45) is 3.85. The fourth-order valence-corrected chi connectivity index (χ4v) is 11.1. The summed E-state index contributed by atoms with van der Waals surface area (Å²) in [5.74, 6) is 0. The zero-order valence-corrected chi connectivity index (χ0v) is 23.7. The quantitative estimate of drug-likeness (QED) is 0.374. The van der Waals surface area contributed by atoms with E-state index in [9.17, 15) is 0 Å². The first-order valence-corrected chi connectivity index (χ1v) is 15.5. The second-order valence-electron chi connectivity index (χ2n) is 11.9. The first-order valence-electron chi connectivity index (χ1n) is 12.9. The van der Waals surface area contributed by atoms with Crippen LogP contribution in [0.1, 0.15) is 98.3 Å². The normalized spacial score (nSPS) is 12.8. The average Bonchev–Trinajstić information content (AvgIpc) is 2.68. The SMILES string of the molecule is CCC[Si](CCC)(CCC)c1ccccc1Nc1cc(C(C)(C)C)cc(C(C)(C)C)c1C. The monoisotopic (exact) mass is 451 g/mol. The van der Waals surface area contributed by atoms with Crippen molar-refractivity contribution in [3.63, 3.8) is 0 Å². The van der Waals surface area contributed by atoms with E-state index in [0.29, 0.717) is 0 Å². The third-order valence-corrected chi connectivity index (χ3v) is 13.0. The lowest BCUT2D eigenvalue weighted by molar-refractivity contribution is 0.566. The van der Waals surface area contributed by atoms with Gasteiger partial charge in [0, 0.05) is 11.4 Å². The molecule has 1 nitrogen and oxygen atoms in total. The van der Waals surface area contributed by atoms with E-state index in [1.807, 2.05) is 0 Å². The second kappa shape index (κ2) is 10.6. The van der Waals surface area contributed by atoms with Crippen molar-refractivity contribution in [2.45, 2.75) is 117 Å². The number of rotatable bonds is 9. The molecule has 0 atom stereocenters. The molecule has 178 valence electrons. The lowest BCUT2D eigenvalue weighted by Crippen LogP contribution is -2.48. The van der Waals surface area contributed by atoms with Crippen molar-refractivity contribution < 1.29 is 0 Å². The molecular formula is C30H49NSi. The molecule has 0 saturated heterocycles. The molecule has 2 aromatic rings. The summed E-state index contributed by atoms with van der Waals surface area (Å²) in [4.78, 5) is 0. The maximum atomic E-state index is 3.98. The minimum atomic E-state index is -1.55. The van der Waals surface area contributed by atoms with Crippen molar-refractivity contribution in [2.75, 3.05) is 5.32 Å². The van der Waals surface area contributed by atoms with Crippen molar-refractivity contribution in [1.29, 1.82) is 0 Å². The lowest BCUT2D eigenvalue weighted by atomic mass is 9.78. The highest BCUT2D eigenvalue weighted by Gasteiger charge is 2.34. The van der Waals surface area contributed by atoms with Crippen LogP contribution in [0.25, 0.3) is 0 Å². The summed E-state index contributed by atoms with van der Waals surface area (Å²) in [5, 5.41) is 5.62. The molecule has 0 radical (unpaired) electrons. The molecule has 2 aromatic carbocycles. The molecule has 0 unspecified atom stereocenters. The van der Waals surface area contributed by atoms with Crippen LogP contribution in [0.3, 0.4) is 0 Å². The first kappa shape index (κ1) is 26.7. The van der Waals surface area contributed by atoms with E-state index >= 15 is 0 Å². The van der Waals surface area contributed by atoms with Gasteiger partial charge in [0.15, 0.2) is 0 Å². The van der Waals surface area contributed by atoms with Crippen molar-refractivity contribution in [3.05, 3.63) is 53.1 Å². The number of hydrogen-bond acceptors (Lipinski definition) is 1. The number of para-hydroxylation sites is 1. The molecule has 0 spiro atoms. The molecule has 0 aliphatic heterocycles. The Balaban J connectivity index is 2.68. The maximum Gasteiger partial charge on any atom is 0.0894 e. The van der Waals surface area contributed by atoms with E-state index < -0.39 is 8.07 Å². The molecule has 2 rings (SSSR count). The van der Waals surface area contributed by atoms with Crippen molar-refractivity contribution in [2.24, 2.45) is 0 Å². The van der Waals surface area contributed by atoms with E-state index in [4.69, 9.17) is 0 Å². The van der Waals surface area contributed by atoms with E-state index in [0.717, 1.165) is 0 Å².